The van der Waals surface area contributed by atoms with Gasteiger partial charge in [0.15, 0.2) is 5.78 Å². The van der Waals surface area contributed by atoms with Crippen LogP contribution >= 0.6 is 11.3 Å². The molecule has 0 amide bonds. The molecule has 0 aliphatic carbocycles. The Morgan fingerprint density at radius 2 is 1.57 bits per heavy atom. The van der Waals surface area contributed by atoms with Crippen molar-refractivity contribution in [3.8, 4) is 11.3 Å². The second-order valence-corrected chi connectivity index (χ2v) is 13.6. The summed E-state index contributed by atoms with van der Waals surface area (Å²) in [5.74, 6) is 0.547. The number of nitrogens with zero attached hydrogens (tertiary/aromatic N) is 2. The maximum atomic E-state index is 13.5. The van der Waals surface area contributed by atoms with Crippen LogP contribution in [0.5, 0.6) is 0 Å². The maximum absolute atomic E-state index is 13.5. The van der Waals surface area contributed by atoms with E-state index in [9.17, 15) is 23.1 Å². The van der Waals surface area contributed by atoms with Crippen molar-refractivity contribution in [1.29, 1.82) is 0 Å². The van der Waals surface area contributed by atoms with Gasteiger partial charge in [0.1, 0.15) is 6.33 Å². The fraction of sp³-hybridized carbons (Fsp3) is 0.395. The van der Waals surface area contributed by atoms with Crippen LogP contribution in [-0.4, -0.2) is 20.9 Å². The molecule has 47 heavy (non-hydrogen) atoms. The summed E-state index contributed by atoms with van der Waals surface area (Å²) in [5, 5.41) is 15.3. The molecule has 5 aromatic rings. The Morgan fingerprint density at radius 1 is 0.915 bits per heavy atom. The van der Waals surface area contributed by atoms with Gasteiger partial charge in [-0.3, -0.25) is 9.78 Å². The molecule has 2 aromatic heterocycles. The van der Waals surface area contributed by atoms with Gasteiger partial charge in [0.05, 0.1) is 16.8 Å². The van der Waals surface area contributed by atoms with Gasteiger partial charge in [-0.2, -0.15) is 13.2 Å². The predicted molar refractivity (Wildman–Crippen MR) is 184 cm³/mol. The van der Waals surface area contributed by atoms with Crippen molar-refractivity contribution in [2.45, 2.75) is 85.7 Å². The first kappa shape index (κ1) is 38.3. The third-order valence-electron chi connectivity index (χ3n) is 8.56. The number of carbonyl (C=O) groups is 1. The van der Waals surface area contributed by atoms with Gasteiger partial charge in [-0.05, 0) is 53.3 Å². The number of ketones is 1. The number of rotatable bonds is 8. The fourth-order valence-corrected chi connectivity index (χ4v) is 6.61. The monoisotopic (exact) mass is 840 g/mol. The molecule has 0 aliphatic heterocycles. The molecule has 0 fully saturated rings. The molecular weight excluding hydrogens is 798 g/mol. The van der Waals surface area contributed by atoms with E-state index in [-0.39, 0.29) is 54.4 Å². The van der Waals surface area contributed by atoms with Gasteiger partial charge in [-0.1, -0.05) is 83.7 Å². The van der Waals surface area contributed by atoms with Crippen molar-refractivity contribution >= 4 is 48.9 Å². The van der Waals surface area contributed by atoms with Crippen molar-refractivity contribution < 1.29 is 43.2 Å². The SMILES string of the molecule is CC(C)(C)c1cc(-c2ncnc3c(C(F)(F)F)cccc23)[c-]c2cc3ccsc3cc12.CCC(CC)C(=O)/C=C(\O)C(CC)CC.[Ir]. The first-order valence-corrected chi connectivity index (χ1v) is 16.7. The number of halogens is 3. The minimum Gasteiger partial charge on any atom is -0.512 e. The van der Waals surface area contributed by atoms with Gasteiger partial charge in [0.25, 0.3) is 0 Å². The number of para-hydroxylation sites is 1. The number of aliphatic hydroxyl groups excluding tert-OH is 1. The number of allylic oxidation sites excluding steroid dienone is 2. The van der Waals surface area contributed by atoms with Gasteiger partial charge in [0.2, 0.25) is 0 Å². The molecule has 0 saturated heterocycles. The minimum absolute atomic E-state index is 0. The quantitative estimate of drug-likeness (QED) is 0.0960. The van der Waals surface area contributed by atoms with E-state index < -0.39 is 11.7 Å². The van der Waals surface area contributed by atoms with E-state index in [0.717, 1.165) is 53.5 Å². The number of aromatic nitrogens is 2. The molecule has 0 bridgehead atoms. The van der Waals surface area contributed by atoms with E-state index in [1.165, 1.54) is 23.2 Å². The number of alkyl halides is 3. The zero-order valence-corrected chi connectivity index (χ0v) is 31.1. The van der Waals surface area contributed by atoms with E-state index in [0.29, 0.717) is 16.6 Å². The van der Waals surface area contributed by atoms with Crippen molar-refractivity contribution in [1.82, 2.24) is 9.97 Å². The Hall–Kier alpha value is -3.13. The zero-order valence-electron chi connectivity index (χ0n) is 27.9. The minimum atomic E-state index is -4.49. The third-order valence-corrected chi connectivity index (χ3v) is 9.44. The summed E-state index contributed by atoms with van der Waals surface area (Å²) in [6, 6.07) is 15.8. The molecule has 5 rings (SSSR count). The second kappa shape index (κ2) is 15.8. The van der Waals surface area contributed by atoms with Crippen LogP contribution in [0.25, 0.3) is 43.0 Å². The van der Waals surface area contributed by atoms with Crippen molar-refractivity contribution in [3.05, 3.63) is 83.2 Å². The van der Waals surface area contributed by atoms with Gasteiger partial charge in [-0.15, -0.1) is 40.5 Å². The largest absolute Gasteiger partial charge is 0.512 e. The van der Waals surface area contributed by atoms with E-state index in [4.69, 9.17) is 0 Å². The second-order valence-electron chi connectivity index (χ2n) is 12.6. The number of hydrogen-bond acceptors (Lipinski definition) is 5. The standard InChI is InChI=1S/C25H18F3N2S.C13H24O2.Ir/c1-24(2,3)20-11-16(10-15-9-14-7-8-31-21(14)12-18(15)20)22-17-5-4-6-19(25(26,27)28)23(17)30-13-29-22;1-5-10(6-2)12(14)9-13(15)11(7-3)8-4;/h4-9,11-13H,1-3H3;9-11,14H,5-8H2,1-4H3;/q-1;;/b;12-9-;. The molecule has 253 valence electrons. The average Bonchev–Trinajstić information content (AvgIpc) is 3.46. The first-order valence-electron chi connectivity index (χ1n) is 15.9. The van der Waals surface area contributed by atoms with Crippen LogP contribution in [0.4, 0.5) is 13.2 Å². The van der Waals surface area contributed by atoms with E-state index in [1.807, 2.05) is 33.8 Å². The number of benzene rings is 3. The summed E-state index contributed by atoms with van der Waals surface area (Å²) < 4.78 is 41.8. The smallest absolute Gasteiger partial charge is 0.418 e. The molecule has 1 radical (unpaired) electrons. The Labute approximate surface area is 292 Å². The molecule has 2 heterocycles. The number of carbonyl (C=O) groups excluding carboxylic acids is 1. The maximum Gasteiger partial charge on any atom is 0.418 e. The predicted octanol–water partition coefficient (Wildman–Crippen LogP) is 11.6. The number of aliphatic hydroxyl groups is 1. The first-order chi connectivity index (χ1) is 21.7. The van der Waals surface area contributed by atoms with Crippen LogP contribution in [0, 0.1) is 17.9 Å². The summed E-state index contributed by atoms with van der Waals surface area (Å²) in [7, 11) is 0. The van der Waals surface area contributed by atoms with Crippen LogP contribution in [-0.2, 0) is 36.5 Å². The molecule has 0 atom stereocenters. The molecule has 1 N–H and O–H groups in total. The Morgan fingerprint density at radius 3 is 2.17 bits per heavy atom. The summed E-state index contributed by atoms with van der Waals surface area (Å²) in [6.07, 6.45) is 1.62. The molecule has 0 saturated carbocycles. The Balaban J connectivity index is 0.000000322. The average molecular weight is 840 g/mol. The van der Waals surface area contributed by atoms with Gasteiger partial charge >= 0.3 is 6.18 Å². The normalized spacial score (nSPS) is 12.5. The molecule has 3 aromatic carbocycles. The number of thiophene rings is 1. The number of fused-ring (bicyclic) bond motifs is 3. The molecular formula is C38H42F3IrN2O2S-. The Bertz CT molecular complexity index is 1870. The van der Waals surface area contributed by atoms with Crippen LogP contribution in [0.3, 0.4) is 0 Å². The zero-order chi connectivity index (χ0) is 33.8. The fourth-order valence-electron chi connectivity index (χ4n) is 5.80. The van der Waals surface area contributed by atoms with E-state index in [2.05, 4.69) is 60.4 Å². The molecule has 0 unspecified atom stereocenters. The van der Waals surface area contributed by atoms with Crippen molar-refractivity contribution in [2.24, 2.45) is 11.8 Å². The van der Waals surface area contributed by atoms with Crippen LogP contribution in [0.2, 0.25) is 0 Å². The van der Waals surface area contributed by atoms with Gasteiger partial charge in [-0.25, -0.2) is 4.98 Å². The third kappa shape index (κ3) is 8.67. The van der Waals surface area contributed by atoms with Crippen LogP contribution in [0.15, 0.2) is 66.0 Å². The van der Waals surface area contributed by atoms with Crippen LogP contribution < -0.4 is 0 Å². The van der Waals surface area contributed by atoms with Crippen molar-refractivity contribution in [3.63, 3.8) is 0 Å². The van der Waals surface area contributed by atoms with E-state index >= 15 is 0 Å². The van der Waals surface area contributed by atoms with E-state index in [1.54, 1.807) is 17.4 Å². The summed E-state index contributed by atoms with van der Waals surface area (Å²) >= 11 is 1.69. The summed E-state index contributed by atoms with van der Waals surface area (Å²) in [6.45, 7) is 14.5. The molecule has 9 heteroatoms. The van der Waals surface area contributed by atoms with Crippen molar-refractivity contribution in [2.75, 3.05) is 0 Å². The molecule has 4 nitrogen and oxygen atoms in total. The topological polar surface area (TPSA) is 63.1 Å². The molecule has 0 aliphatic rings. The van der Waals surface area contributed by atoms with Crippen LogP contribution in [0.1, 0.15) is 85.3 Å². The summed E-state index contributed by atoms with van der Waals surface area (Å²) in [4.78, 5) is 20.0. The summed E-state index contributed by atoms with van der Waals surface area (Å²) in [5.41, 5.74) is 1.19. The van der Waals surface area contributed by atoms with Gasteiger partial charge < -0.3 is 5.11 Å². The van der Waals surface area contributed by atoms with Gasteiger partial charge in [0, 0.05) is 48.4 Å². The Kier molecular flexibility index (Phi) is 12.9. The molecule has 0 spiro atoms. The number of hydrogen-bond donors (Lipinski definition) is 1.